The van der Waals surface area contributed by atoms with E-state index < -0.39 is 0 Å². The van der Waals surface area contributed by atoms with Gasteiger partial charge in [0.15, 0.2) is 0 Å². The molecule has 0 atom stereocenters. The second kappa shape index (κ2) is 23.7. The smallest absolute Gasteiger partial charge is 0.0657 e. The SMILES string of the molecule is COC(C)(C)C/C=C/C(C)=C/C=C/C(C)=C/CC/C(C)=C/C=C/C=C(\C)CC/C=C(\C)CC/C=C(C)/C=C/CC(C)(C)OC. The van der Waals surface area contributed by atoms with Crippen LogP contribution >= 0.6 is 0 Å². The molecule has 0 aromatic carbocycles. The molecular weight excluding hydrogens is 536 g/mol. The summed E-state index contributed by atoms with van der Waals surface area (Å²) in [5, 5.41) is 0. The predicted molar refractivity (Wildman–Crippen MR) is 198 cm³/mol. The average molecular weight is 603 g/mol. The molecule has 0 spiro atoms. The second-order valence-corrected chi connectivity index (χ2v) is 13.4. The first-order chi connectivity index (χ1) is 20.7. The Hall–Kier alpha value is -2.68. The predicted octanol–water partition coefficient (Wildman–Crippen LogP) is 12.9. The van der Waals surface area contributed by atoms with Crippen LogP contribution in [-0.2, 0) is 9.47 Å². The van der Waals surface area contributed by atoms with E-state index in [0.717, 1.165) is 51.4 Å². The van der Waals surface area contributed by atoms with Crippen LogP contribution in [0.3, 0.4) is 0 Å². The molecule has 0 aliphatic carbocycles. The second-order valence-electron chi connectivity index (χ2n) is 13.4. The van der Waals surface area contributed by atoms with E-state index in [0.29, 0.717) is 0 Å². The Morgan fingerprint density at radius 3 is 1.36 bits per heavy atom. The fraction of sp³-hybridized carbons (Fsp3) is 0.524. The minimum atomic E-state index is -0.111. The molecule has 246 valence electrons. The summed E-state index contributed by atoms with van der Waals surface area (Å²) in [6, 6.07) is 0. The summed E-state index contributed by atoms with van der Waals surface area (Å²) in [6.07, 6.45) is 39.5. The first-order valence-corrected chi connectivity index (χ1v) is 16.5. The molecule has 0 aromatic rings. The summed E-state index contributed by atoms with van der Waals surface area (Å²) in [7, 11) is 3.53. The average Bonchev–Trinajstić information content (AvgIpc) is 2.95. The lowest BCUT2D eigenvalue weighted by atomic mass is 10.0. The van der Waals surface area contributed by atoms with Gasteiger partial charge in [0.05, 0.1) is 11.2 Å². The fourth-order valence-electron chi connectivity index (χ4n) is 4.08. The molecule has 2 heteroatoms. The van der Waals surface area contributed by atoms with Gasteiger partial charge in [-0.25, -0.2) is 0 Å². The highest BCUT2D eigenvalue weighted by Gasteiger charge is 2.13. The summed E-state index contributed by atoms with van der Waals surface area (Å²) in [5.74, 6) is 0. The van der Waals surface area contributed by atoms with Gasteiger partial charge in [0.1, 0.15) is 0 Å². The number of methoxy groups -OCH3 is 2. The van der Waals surface area contributed by atoms with Gasteiger partial charge in [-0.2, -0.15) is 0 Å². The van der Waals surface area contributed by atoms with Crippen molar-refractivity contribution >= 4 is 0 Å². The lowest BCUT2D eigenvalue weighted by Gasteiger charge is -2.20. The monoisotopic (exact) mass is 603 g/mol. The van der Waals surface area contributed by atoms with Gasteiger partial charge in [-0.15, -0.1) is 0 Å². The third-order valence-corrected chi connectivity index (χ3v) is 7.72. The minimum Gasteiger partial charge on any atom is -0.378 e. The van der Waals surface area contributed by atoms with E-state index in [1.165, 1.54) is 33.4 Å². The lowest BCUT2D eigenvalue weighted by molar-refractivity contribution is 0.0252. The van der Waals surface area contributed by atoms with E-state index in [2.05, 4.69) is 154 Å². The van der Waals surface area contributed by atoms with Crippen molar-refractivity contribution < 1.29 is 9.47 Å². The Morgan fingerprint density at radius 1 is 0.477 bits per heavy atom. The van der Waals surface area contributed by atoms with Crippen LogP contribution in [0.4, 0.5) is 0 Å². The van der Waals surface area contributed by atoms with Gasteiger partial charge < -0.3 is 9.47 Å². The van der Waals surface area contributed by atoms with Crippen molar-refractivity contribution in [1.82, 2.24) is 0 Å². The first kappa shape index (κ1) is 41.3. The van der Waals surface area contributed by atoms with Crippen LogP contribution in [-0.4, -0.2) is 25.4 Å². The molecule has 0 radical (unpaired) electrons. The van der Waals surface area contributed by atoms with Crippen molar-refractivity contribution in [3.63, 3.8) is 0 Å². The van der Waals surface area contributed by atoms with E-state index in [4.69, 9.17) is 9.47 Å². The third-order valence-electron chi connectivity index (χ3n) is 7.72. The van der Waals surface area contributed by atoms with Gasteiger partial charge in [0, 0.05) is 14.2 Å². The van der Waals surface area contributed by atoms with E-state index in [-0.39, 0.29) is 11.2 Å². The van der Waals surface area contributed by atoms with Crippen molar-refractivity contribution in [1.29, 1.82) is 0 Å². The maximum absolute atomic E-state index is 5.47. The summed E-state index contributed by atoms with van der Waals surface area (Å²) in [6.45, 7) is 21.6. The molecule has 0 saturated carbocycles. The molecule has 0 fully saturated rings. The number of rotatable bonds is 21. The standard InChI is InChI=1S/C42H66O2/c1-35(23-15-25-37(3)27-17-29-39(5)31-19-33-41(7,8)43-11)21-13-14-22-36(2)24-16-26-38(4)28-18-30-40(6)32-20-34-42(9,10)44-12/h13-14,17,19-22,25-27,29-32H,15-16,18,23-24,28,33-34H2,1-12H3/b14-13+,27-17+,31-19+,32-20+,35-21+,36-22+,37-25+,38-26+,39-29+,40-30+. The van der Waals surface area contributed by atoms with Crippen LogP contribution < -0.4 is 0 Å². The van der Waals surface area contributed by atoms with Crippen LogP contribution in [0.2, 0.25) is 0 Å². The summed E-state index contributed by atoms with van der Waals surface area (Å²) >= 11 is 0. The van der Waals surface area contributed by atoms with E-state index in [1.807, 2.05) is 0 Å². The zero-order valence-corrected chi connectivity index (χ0v) is 30.6. The number of ether oxygens (including phenoxy) is 2. The Morgan fingerprint density at radius 2 is 0.886 bits per heavy atom. The minimum absolute atomic E-state index is 0.0949. The maximum Gasteiger partial charge on any atom is 0.0657 e. The van der Waals surface area contributed by atoms with Crippen molar-refractivity contribution in [2.45, 2.75) is 132 Å². The van der Waals surface area contributed by atoms with Crippen molar-refractivity contribution in [2.24, 2.45) is 0 Å². The number of hydrogen-bond acceptors (Lipinski definition) is 2. The van der Waals surface area contributed by atoms with Crippen molar-refractivity contribution in [3.05, 3.63) is 119 Å². The molecule has 0 unspecified atom stereocenters. The normalized spacial score (nSPS) is 15.7. The quantitative estimate of drug-likeness (QED) is 0.0961. The Balaban J connectivity index is 4.46. The topological polar surface area (TPSA) is 18.5 Å². The lowest BCUT2D eigenvalue weighted by Crippen LogP contribution is -2.20. The highest BCUT2D eigenvalue weighted by Crippen LogP contribution is 2.16. The molecule has 0 N–H and O–H groups in total. The number of hydrogen-bond donors (Lipinski definition) is 0. The molecule has 0 saturated heterocycles. The van der Waals surface area contributed by atoms with Crippen LogP contribution in [0.5, 0.6) is 0 Å². The van der Waals surface area contributed by atoms with Crippen LogP contribution in [0.25, 0.3) is 0 Å². The zero-order chi connectivity index (χ0) is 33.4. The Kier molecular flexibility index (Phi) is 22.2. The van der Waals surface area contributed by atoms with Gasteiger partial charge in [0.2, 0.25) is 0 Å². The molecule has 2 nitrogen and oxygen atoms in total. The number of allylic oxidation sites excluding steroid dienone is 18. The molecule has 0 amide bonds. The van der Waals surface area contributed by atoms with Crippen LogP contribution in [0.1, 0.15) is 121 Å². The highest BCUT2D eigenvalue weighted by atomic mass is 16.5. The molecule has 0 rings (SSSR count). The summed E-state index contributed by atoms with van der Waals surface area (Å²) < 4.78 is 10.9. The van der Waals surface area contributed by atoms with Crippen molar-refractivity contribution in [3.8, 4) is 0 Å². The molecule has 0 aromatic heterocycles. The molecule has 44 heavy (non-hydrogen) atoms. The van der Waals surface area contributed by atoms with E-state index in [9.17, 15) is 0 Å². The highest BCUT2D eigenvalue weighted by molar-refractivity contribution is 5.27. The van der Waals surface area contributed by atoms with Gasteiger partial charge in [-0.05, 0) is 121 Å². The molecular formula is C42H66O2. The summed E-state index contributed by atoms with van der Waals surface area (Å²) in [5.41, 5.74) is 7.95. The first-order valence-electron chi connectivity index (χ1n) is 16.5. The van der Waals surface area contributed by atoms with E-state index >= 15 is 0 Å². The largest absolute Gasteiger partial charge is 0.378 e. The van der Waals surface area contributed by atoms with Gasteiger partial charge >= 0.3 is 0 Å². The van der Waals surface area contributed by atoms with Gasteiger partial charge in [-0.3, -0.25) is 0 Å². The van der Waals surface area contributed by atoms with Gasteiger partial charge in [-0.1, -0.05) is 119 Å². The maximum atomic E-state index is 5.47. The van der Waals surface area contributed by atoms with E-state index in [1.54, 1.807) is 14.2 Å². The Bertz CT molecular complexity index is 1120. The van der Waals surface area contributed by atoms with Crippen LogP contribution in [0.15, 0.2) is 119 Å². The zero-order valence-electron chi connectivity index (χ0n) is 30.6. The molecule has 0 bridgehead atoms. The fourth-order valence-corrected chi connectivity index (χ4v) is 4.08. The summed E-state index contributed by atoms with van der Waals surface area (Å²) in [4.78, 5) is 0. The molecule has 0 aliphatic rings. The third kappa shape index (κ3) is 24.7. The Labute approximate surface area is 273 Å². The van der Waals surface area contributed by atoms with Crippen molar-refractivity contribution in [2.75, 3.05) is 14.2 Å². The van der Waals surface area contributed by atoms with Crippen LogP contribution in [0, 0.1) is 0 Å². The molecule has 0 heterocycles. The molecule has 0 aliphatic heterocycles. The van der Waals surface area contributed by atoms with Gasteiger partial charge in [0.25, 0.3) is 0 Å².